The Kier molecular flexibility index (Phi) is 7.16. The molecule has 0 heterocycles. The summed E-state index contributed by atoms with van der Waals surface area (Å²) in [5.41, 5.74) is 1.20. The van der Waals surface area contributed by atoms with E-state index < -0.39 is 0 Å². The number of hydrogen-bond acceptors (Lipinski definition) is 2. The molecule has 0 N–H and O–H groups in total. The van der Waals surface area contributed by atoms with E-state index in [4.69, 9.17) is 9.47 Å². The van der Waals surface area contributed by atoms with Gasteiger partial charge in [-0.15, -0.1) is 6.58 Å². The smallest absolute Gasteiger partial charge is 0.0546 e. The molecule has 1 aromatic carbocycles. The summed E-state index contributed by atoms with van der Waals surface area (Å²) in [6, 6.07) is 10.3. The van der Waals surface area contributed by atoms with E-state index in [2.05, 4.69) is 30.9 Å². The highest BCUT2D eigenvalue weighted by atomic mass is 16.5. The van der Waals surface area contributed by atoms with Gasteiger partial charge in [0.25, 0.3) is 0 Å². The lowest BCUT2D eigenvalue weighted by atomic mass is 9.82. The van der Waals surface area contributed by atoms with Crippen molar-refractivity contribution in [3.8, 4) is 0 Å². The molecule has 0 unspecified atom stereocenters. The van der Waals surface area contributed by atoms with Crippen molar-refractivity contribution in [2.75, 3.05) is 27.4 Å². The molecule has 0 saturated heterocycles. The van der Waals surface area contributed by atoms with E-state index >= 15 is 0 Å². The van der Waals surface area contributed by atoms with E-state index in [0.29, 0.717) is 13.2 Å². The first-order valence-corrected chi connectivity index (χ1v) is 6.57. The maximum atomic E-state index is 5.35. The summed E-state index contributed by atoms with van der Waals surface area (Å²) in [4.78, 5) is 0. The van der Waals surface area contributed by atoms with Gasteiger partial charge in [0.1, 0.15) is 0 Å². The Morgan fingerprint density at radius 2 is 1.68 bits per heavy atom. The van der Waals surface area contributed by atoms with Gasteiger partial charge >= 0.3 is 0 Å². The van der Waals surface area contributed by atoms with Crippen LogP contribution in [0, 0.1) is 5.41 Å². The van der Waals surface area contributed by atoms with Gasteiger partial charge in [0.2, 0.25) is 0 Å². The molecule has 0 aromatic heterocycles. The van der Waals surface area contributed by atoms with Crippen LogP contribution in [0.2, 0.25) is 0 Å². The number of rotatable bonds is 9. The predicted molar refractivity (Wildman–Crippen MR) is 81.1 cm³/mol. The van der Waals surface area contributed by atoms with Gasteiger partial charge in [0.15, 0.2) is 0 Å². The summed E-state index contributed by atoms with van der Waals surface area (Å²) >= 11 is 0. The summed E-state index contributed by atoms with van der Waals surface area (Å²) in [6.07, 6.45) is 8.07. The minimum atomic E-state index is -0.0173. The lowest BCUT2D eigenvalue weighted by molar-refractivity contribution is 0.0138. The van der Waals surface area contributed by atoms with E-state index in [1.807, 2.05) is 24.3 Å². The van der Waals surface area contributed by atoms with Gasteiger partial charge in [-0.3, -0.25) is 0 Å². The Labute approximate surface area is 116 Å². The van der Waals surface area contributed by atoms with Crippen LogP contribution in [-0.4, -0.2) is 27.4 Å². The summed E-state index contributed by atoms with van der Waals surface area (Å²) in [5.74, 6) is 0. The molecule has 0 atom stereocenters. The van der Waals surface area contributed by atoms with Crippen molar-refractivity contribution in [2.24, 2.45) is 5.41 Å². The Bertz CT molecular complexity index is 376. The molecule has 0 radical (unpaired) electrons. The van der Waals surface area contributed by atoms with E-state index in [0.717, 1.165) is 12.8 Å². The zero-order valence-corrected chi connectivity index (χ0v) is 12.0. The van der Waals surface area contributed by atoms with Crippen molar-refractivity contribution < 1.29 is 9.47 Å². The molecule has 1 aromatic rings. The summed E-state index contributed by atoms with van der Waals surface area (Å²) in [5, 5.41) is 0. The molecule has 104 valence electrons. The lowest BCUT2D eigenvalue weighted by Crippen LogP contribution is -2.30. The van der Waals surface area contributed by atoms with Crippen LogP contribution in [0.1, 0.15) is 18.4 Å². The van der Waals surface area contributed by atoms with Gasteiger partial charge in [0, 0.05) is 19.6 Å². The fourth-order valence-corrected chi connectivity index (χ4v) is 2.29. The molecule has 0 aliphatic rings. The normalized spacial score (nSPS) is 11.9. The van der Waals surface area contributed by atoms with Crippen LogP contribution in [0.15, 0.2) is 49.1 Å². The number of ether oxygens (including phenoxy) is 2. The third-order valence-electron chi connectivity index (χ3n) is 3.14. The third kappa shape index (κ3) is 5.41. The highest BCUT2D eigenvalue weighted by Gasteiger charge is 2.27. The highest BCUT2D eigenvalue weighted by Crippen LogP contribution is 2.29. The van der Waals surface area contributed by atoms with Crippen molar-refractivity contribution >= 4 is 6.08 Å². The average Bonchev–Trinajstić information content (AvgIpc) is 2.41. The van der Waals surface area contributed by atoms with E-state index in [1.54, 1.807) is 14.2 Å². The molecule has 2 nitrogen and oxygen atoms in total. The number of benzene rings is 1. The quantitative estimate of drug-likeness (QED) is 0.626. The summed E-state index contributed by atoms with van der Waals surface area (Å²) < 4.78 is 10.7. The first-order valence-electron chi connectivity index (χ1n) is 6.57. The molecule has 0 amide bonds. The second-order valence-corrected chi connectivity index (χ2v) is 4.88. The van der Waals surface area contributed by atoms with Crippen molar-refractivity contribution in [2.45, 2.75) is 12.8 Å². The fraction of sp³-hybridized carbons (Fsp3) is 0.412. The van der Waals surface area contributed by atoms with Gasteiger partial charge in [-0.1, -0.05) is 48.6 Å². The maximum Gasteiger partial charge on any atom is 0.0546 e. The molecule has 19 heavy (non-hydrogen) atoms. The molecule has 0 spiro atoms. The summed E-state index contributed by atoms with van der Waals surface area (Å²) in [6.45, 7) is 5.19. The Hall–Kier alpha value is -1.38. The lowest BCUT2D eigenvalue weighted by Gasteiger charge is -2.30. The molecule has 0 aliphatic heterocycles. The largest absolute Gasteiger partial charge is 0.384 e. The average molecular weight is 260 g/mol. The first-order chi connectivity index (χ1) is 9.26. The Morgan fingerprint density at radius 1 is 1.05 bits per heavy atom. The molecule has 1 rings (SSSR count). The van der Waals surface area contributed by atoms with Gasteiger partial charge in [-0.25, -0.2) is 0 Å². The number of methoxy groups -OCH3 is 2. The van der Waals surface area contributed by atoms with Crippen molar-refractivity contribution in [1.29, 1.82) is 0 Å². The second-order valence-electron chi connectivity index (χ2n) is 4.88. The predicted octanol–water partition coefficient (Wildman–Crippen LogP) is 3.95. The van der Waals surface area contributed by atoms with Crippen LogP contribution in [0.25, 0.3) is 6.08 Å². The summed E-state index contributed by atoms with van der Waals surface area (Å²) in [7, 11) is 3.46. The van der Waals surface area contributed by atoms with Gasteiger partial charge in [-0.05, 0) is 18.4 Å². The van der Waals surface area contributed by atoms with Gasteiger partial charge in [-0.2, -0.15) is 0 Å². The van der Waals surface area contributed by atoms with Crippen molar-refractivity contribution in [1.82, 2.24) is 0 Å². The zero-order valence-electron chi connectivity index (χ0n) is 12.0. The monoisotopic (exact) mass is 260 g/mol. The van der Waals surface area contributed by atoms with Gasteiger partial charge in [0.05, 0.1) is 13.2 Å². The van der Waals surface area contributed by atoms with Crippen molar-refractivity contribution in [3.05, 3.63) is 54.6 Å². The molecule has 0 aliphatic carbocycles. The molecular formula is C17H24O2. The molecule has 0 bridgehead atoms. The van der Waals surface area contributed by atoms with Crippen LogP contribution >= 0.6 is 0 Å². The minimum absolute atomic E-state index is 0.0173. The fourth-order valence-electron chi connectivity index (χ4n) is 2.29. The third-order valence-corrected chi connectivity index (χ3v) is 3.14. The SMILES string of the molecule is C=CCC(C/C=C\c1ccccc1)(COC)COC. The highest BCUT2D eigenvalue weighted by molar-refractivity contribution is 5.48. The Balaban J connectivity index is 2.70. The van der Waals surface area contributed by atoms with Crippen LogP contribution in [0.4, 0.5) is 0 Å². The van der Waals surface area contributed by atoms with Crippen molar-refractivity contribution in [3.63, 3.8) is 0 Å². The Morgan fingerprint density at radius 3 is 2.21 bits per heavy atom. The van der Waals surface area contributed by atoms with Crippen LogP contribution in [0.5, 0.6) is 0 Å². The topological polar surface area (TPSA) is 18.5 Å². The maximum absolute atomic E-state index is 5.35. The zero-order chi connectivity index (χ0) is 14.0. The second kappa shape index (κ2) is 8.68. The van der Waals surface area contributed by atoms with E-state index in [1.165, 1.54) is 5.56 Å². The standard InChI is InChI=1S/C17H24O2/c1-4-12-17(14-18-2,15-19-3)13-8-11-16-9-6-5-7-10-16/h4-11H,1,12-15H2,2-3H3/b11-8-. The van der Waals surface area contributed by atoms with E-state index in [-0.39, 0.29) is 5.41 Å². The van der Waals surface area contributed by atoms with E-state index in [9.17, 15) is 0 Å². The van der Waals surface area contributed by atoms with Gasteiger partial charge < -0.3 is 9.47 Å². The minimum Gasteiger partial charge on any atom is -0.384 e. The van der Waals surface area contributed by atoms with Crippen LogP contribution < -0.4 is 0 Å². The molecule has 2 heteroatoms. The molecule has 0 fully saturated rings. The molecular weight excluding hydrogens is 236 g/mol. The molecule has 0 saturated carbocycles. The first kappa shape index (κ1) is 15.7. The number of hydrogen-bond donors (Lipinski definition) is 0. The number of allylic oxidation sites excluding steroid dienone is 2. The van der Waals surface area contributed by atoms with Crippen LogP contribution in [0.3, 0.4) is 0 Å². The van der Waals surface area contributed by atoms with Crippen LogP contribution in [-0.2, 0) is 9.47 Å².